The maximum absolute atomic E-state index is 6.99. The second kappa shape index (κ2) is 7.87. The molecule has 0 bridgehead atoms. The van der Waals surface area contributed by atoms with Gasteiger partial charge in [0.1, 0.15) is 5.76 Å². The van der Waals surface area contributed by atoms with E-state index in [1.165, 1.54) is 6.20 Å². The molecule has 0 saturated carbocycles. The lowest BCUT2D eigenvalue weighted by Crippen LogP contribution is -2.28. The van der Waals surface area contributed by atoms with E-state index in [0.717, 1.165) is 24.2 Å². The van der Waals surface area contributed by atoms with Crippen LogP contribution in [0.1, 0.15) is 20.8 Å². The molecule has 0 aliphatic carbocycles. The van der Waals surface area contributed by atoms with Crippen LogP contribution in [0.3, 0.4) is 0 Å². The number of nitrogens with two attached hydrogens (primary N) is 1. The quantitative estimate of drug-likeness (QED) is 0.218. The zero-order chi connectivity index (χ0) is 11.7. The molecular weight excluding hydrogens is 192 g/mol. The Bertz CT molecular complexity index is 248. The van der Waals surface area contributed by atoms with E-state index in [0.29, 0.717) is 0 Å². The molecule has 0 aliphatic heterocycles. The highest BCUT2D eigenvalue weighted by molar-refractivity contribution is 5.52. The van der Waals surface area contributed by atoms with Gasteiger partial charge in [-0.3, -0.25) is 5.41 Å². The van der Waals surface area contributed by atoms with Crippen molar-refractivity contribution in [1.82, 2.24) is 10.8 Å². The maximum Gasteiger partial charge on any atom is 0.119 e. The van der Waals surface area contributed by atoms with Crippen LogP contribution in [-0.4, -0.2) is 18.9 Å². The maximum atomic E-state index is 6.99. The third-order valence-electron chi connectivity index (χ3n) is 1.80. The summed E-state index contributed by atoms with van der Waals surface area (Å²) in [6.07, 6.45) is 4.50. The molecule has 0 amide bonds. The summed E-state index contributed by atoms with van der Waals surface area (Å²) >= 11 is 0. The molecular formula is C10H20N4O. The number of allylic oxidation sites excluding steroid dienone is 1. The second-order valence-electron chi connectivity index (χ2n) is 3.08. The minimum Gasteiger partial charge on any atom is -0.414 e. The highest BCUT2D eigenvalue weighted by Gasteiger charge is 2.06. The molecule has 1 atom stereocenters. The van der Waals surface area contributed by atoms with Gasteiger partial charge in [-0.25, -0.2) is 0 Å². The van der Waals surface area contributed by atoms with E-state index in [1.54, 1.807) is 0 Å². The van der Waals surface area contributed by atoms with Crippen molar-refractivity contribution in [2.75, 3.05) is 6.54 Å². The lowest BCUT2D eigenvalue weighted by atomic mass is 10.1. The van der Waals surface area contributed by atoms with Gasteiger partial charge in [-0.15, -0.1) is 0 Å². The minimum absolute atomic E-state index is 0.105. The summed E-state index contributed by atoms with van der Waals surface area (Å²) in [5.41, 5.74) is 9.09. The van der Waals surface area contributed by atoms with E-state index in [1.807, 2.05) is 26.8 Å². The van der Waals surface area contributed by atoms with Crippen molar-refractivity contribution in [2.24, 2.45) is 5.73 Å². The predicted molar refractivity (Wildman–Crippen MR) is 62.2 cm³/mol. The fourth-order valence-electron chi connectivity index (χ4n) is 0.959. The van der Waals surface area contributed by atoms with Gasteiger partial charge in [-0.05, 0) is 38.6 Å². The first-order valence-electron chi connectivity index (χ1n) is 4.87. The van der Waals surface area contributed by atoms with Crippen LogP contribution in [-0.2, 0) is 4.84 Å². The number of nitrogens with one attached hydrogen (secondary N) is 3. The highest BCUT2D eigenvalue weighted by atomic mass is 16.6. The molecule has 5 nitrogen and oxygen atoms in total. The Morgan fingerprint density at radius 1 is 1.53 bits per heavy atom. The summed E-state index contributed by atoms with van der Waals surface area (Å²) in [4.78, 5) is 5.19. The summed E-state index contributed by atoms with van der Waals surface area (Å²) in [7, 11) is 0. The van der Waals surface area contributed by atoms with Crippen LogP contribution < -0.4 is 16.5 Å². The summed E-state index contributed by atoms with van der Waals surface area (Å²) in [5.74, 6) is 0.734. The van der Waals surface area contributed by atoms with Gasteiger partial charge in [-0.1, -0.05) is 0 Å². The Labute approximate surface area is 90.8 Å². The second-order valence-corrected chi connectivity index (χ2v) is 3.08. The number of hydroxylamine groups is 1. The minimum atomic E-state index is -0.105. The first-order chi connectivity index (χ1) is 7.15. The molecule has 0 aromatic rings. The first-order valence-corrected chi connectivity index (χ1v) is 4.87. The molecule has 0 aromatic carbocycles. The van der Waals surface area contributed by atoms with E-state index in [9.17, 15) is 0 Å². The van der Waals surface area contributed by atoms with Gasteiger partial charge >= 0.3 is 0 Å². The number of hydrogen-bond acceptors (Lipinski definition) is 4. The SMILES string of the molecule is CCNO/C(C)=C/C(NC=N)/C(C)=C/N. The fourth-order valence-corrected chi connectivity index (χ4v) is 0.959. The molecule has 5 heteroatoms. The Morgan fingerprint density at radius 2 is 2.20 bits per heavy atom. The number of hydrogen-bond donors (Lipinski definition) is 4. The molecule has 5 N–H and O–H groups in total. The molecule has 0 aliphatic rings. The highest BCUT2D eigenvalue weighted by Crippen LogP contribution is 2.04. The summed E-state index contributed by atoms with van der Waals surface area (Å²) in [6, 6.07) is -0.105. The topological polar surface area (TPSA) is 83.2 Å². The third-order valence-corrected chi connectivity index (χ3v) is 1.80. The van der Waals surface area contributed by atoms with Crippen LogP contribution in [0, 0.1) is 5.41 Å². The first kappa shape index (κ1) is 13.5. The Balaban J connectivity index is 4.43. The Hall–Kier alpha value is -1.49. The van der Waals surface area contributed by atoms with Crippen LogP contribution in [0.15, 0.2) is 23.6 Å². The van der Waals surface area contributed by atoms with Crippen molar-refractivity contribution >= 4 is 6.34 Å². The van der Waals surface area contributed by atoms with Gasteiger partial charge < -0.3 is 15.9 Å². The lowest BCUT2D eigenvalue weighted by molar-refractivity contribution is 0.110. The zero-order valence-corrected chi connectivity index (χ0v) is 9.50. The van der Waals surface area contributed by atoms with Gasteiger partial charge in [0.2, 0.25) is 0 Å². The van der Waals surface area contributed by atoms with Crippen molar-refractivity contribution in [2.45, 2.75) is 26.8 Å². The monoisotopic (exact) mass is 212 g/mol. The van der Waals surface area contributed by atoms with Crippen LogP contribution in [0.2, 0.25) is 0 Å². The van der Waals surface area contributed by atoms with Crippen LogP contribution in [0.4, 0.5) is 0 Å². The summed E-state index contributed by atoms with van der Waals surface area (Å²) < 4.78 is 0. The molecule has 15 heavy (non-hydrogen) atoms. The van der Waals surface area contributed by atoms with E-state index in [4.69, 9.17) is 16.0 Å². The zero-order valence-electron chi connectivity index (χ0n) is 9.50. The standard InChI is InChI=1S/C10H20N4O/c1-4-14-15-9(3)5-10(13-7-12)8(2)6-11/h5-7,10,14H,4,11H2,1-3H3,(H2,12,13)/b8-6+,9-5+. The smallest absolute Gasteiger partial charge is 0.119 e. The van der Waals surface area contributed by atoms with E-state index in [-0.39, 0.29) is 6.04 Å². The molecule has 0 saturated heterocycles. The number of rotatable bonds is 7. The van der Waals surface area contributed by atoms with Crippen LogP contribution >= 0.6 is 0 Å². The fraction of sp³-hybridized carbons (Fsp3) is 0.500. The van der Waals surface area contributed by atoms with E-state index in [2.05, 4.69) is 10.8 Å². The van der Waals surface area contributed by atoms with E-state index < -0.39 is 0 Å². The van der Waals surface area contributed by atoms with Crippen molar-refractivity contribution in [3.05, 3.63) is 23.6 Å². The average Bonchev–Trinajstić information content (AvgIpc) is 2.24. The Morgan fingerprint density at radius 3 is 2.67 bits per heavy atom. The van der Waals surface area contributed by atoms with Crippen LogP contribution in [0.5, 0.6) is 0 Å². The molecule has 1 unspecified atom stereocenters. The molecule has 86 valence electrons. The Kier molecular flexibility index (Phi) is 7.09. The third kappa shape index (κ3) is 5.74. The predicted octanol–water partition coefficient (Wildman–Crippen LogP) is 0.859. The van der Waals surface area contributed by atoms with Crippen molar-refractivity contribution in [3.63, 3.8) is 0 Å². The van der Waals surface area contributed by atoms with Gasteiger partial charge in [0.15, 0.2) is 0 Å². The van der Waals surface area contributed by atoms with Crippen molar-refractivity contribution in [1.29, 1.82) is 5.41 Å². The average molecular weight is 212 g/mol. The molecule has 0 aromatic heterocycles. The van der Waals surface area contributed by atoms with Gasteiger partial charge in [0, 0.05) is 6.54 Å². The van der Waals surface area contributed by atoms with Gasteiger partial charge in [0.25, 0.3) is 0 Å². The van der Waals surface area contributed by atoms with Gasteiger partial charge in [0.05, 0.1) is 12.4 Å². The lowest BCUT2D eigenvalue weighted by Gasteiger charge is -2.14. The van der Waals surface area contributed by atoms with Crippen molar-refractivity contribution in [3.8, 4) is 0 Å². The molecule has 0 fully saturated rings. The van der Waals surface area contributed by atoms with Crippen molar-refractivity contribution < 1.29 is 4.84 Å². The molecule has 0 rings (SSSR count). The summed E-state index contributed by atoms with van der Waals surface area (Å²) in [5, 5.41) is 9.84. The molecule has 0 radical (unpaired) electrons. The van der Waals surface area contributed by atoms with E-state index >= 15 is 0 Å². The molecule has 0 spiro atoms. The van der Waals surface area contributed by atoms with Crippen LogP contribution in [0.25, 0.3) is 0 Å². The largest absolute Gasteiger partial charge is 0.414 e. The molecule has 0 heterocycles. The summed E-state index contributed by atoms with van der Waals surface area (Å²) in [6.45, 7) is 6.41. The van der Waals surface area contributed by atoms with Gasteiger partial charge in [-0.2, -0.15) is 5.48 Å². The normalized spacial score (nSPS) is 14.6.